The van der Waals surface area contributed by atoms with Crippen LogP contribution in [0.5, 0.6) is 17.2 Å². The van der Waals surface area contributed by atoms with Crippen LogP contribution < -0.4 is 14.2 Å². The number of hydrogen-bond acceptors (Lipinski definition) is 9. The van der Waals surface area contributed by atoms with Gasteiger partial charge in [-0.3, -0.25) is 0 Å². The van der Waals surface area contributed by atoms with Crippen molar-refractivity contribution < 1.29 is 46.9 Å². The van der Waals surface area contributed by atoms with Crippen molar-refractivity contribution in [2.24, 2.45) is 0 Å². The monoisotopic (exact) mass is 795 g/mol. The third kappa shape index (κ3) is 8.15. The van der Waals surface area contributed by atoms with Gasteiger partial charge in [-0.15, -0.1) is 0 Å². The topological polar surface area (TPSA) is 154 Å². The zero-order valence-corrected chi connectivity index (χ0v) is 32.3. The number of carboxylic acids is 1. The second-order valence-corrected chi connectivity index (χ2v) is 15.4. The van der Waals surface area contributed by atoms with Crippen molar-refractivity contribution in [3.05, 3.63) is 156 Å². The average molecular weight is 796 g/mol. The molecule has 292 valence electrons. The summed E-state index contributed by atoms with van der Waals surface area (Å²) in [4.78, 5) is 53.9. The third-order valence-corrected chi connectivity index (χ3v) is 11.4. The summed E-state index contributed by atoms with van der Waals surface area (Å²) in [6.45, 7) is 4.51. The molecular formula is C46H37NO10S. The summed E-state index contributed by atoms with van der Waals surface area (Å²) in [5.41, 5.74) is -0.503. The molecule has 7 aromatic carbocycles. The first-order valence-corrected chi connectivity index (χ1v) is 20.0. The van der Waals surface area contributed by atoms with Crippen LogP contribution in [0.1, 0.15) is 68.1 Å². The first-order valence-electron chi connectivity index (χ1n) is 18.5. The predicted molar refractivity (Wildman–Crippen MR) is 219 cm³/mol. The van der Waals surface area contributed by atoms with E-state index in [1.165, 1.54) is 65.0 Å². The van der Waals surface area contributed by atoms with E-state index < -0.39 is 33.9 Å². The maximum atomic E-state index is 14.2. The second-order valence-electron chi connectivity index (χ2n) is 13.5. The van der Waals surface area contributed by atoms with Gasteiger partial charge in [-0.1, -0.05) is 86.6 Å². The fraction of sp³-hybridized carbons (Fsp3) is 0.130. The predicted octanol–water partition coefficient (Wildman–Crippen LogP) is 9.31. The summed E-state index contributed by atoms with van der Waals surface area (Å²) in [6.07, 6.45) is 1.29. The highest BCUT2D eigenvalue weighted by Gasteiger charge is 2.27. The van der Waals surface area contributed by atoms with E-state index in [0.29, 0.717) is 58.2 Å². The van der Waals surface area contributed by atoms with Gasteiger partial charge in [-0.05, 0) is 106 Å². The number of fused-ring (bicyclic) bond motifs is 3. The van der Waals surface area contributed by atoms with Crippen molar-refractivity contribution in [1.29, 1.82) is 0 Å². The van der Waals surface area contributed by atoms with E-state index in [4.69, 9.17) is 14.2 Å². The highest BCUT2D eigenvalue weighted by Crippen LogP contribution is 2.33. The van der Waals surface area contributed by atoms with Crippen molar-refractivity contribution in [3.63, 3.8) is 0 Å². The van der Waals surface area contributed by atoms with Crippen LogP contribution in [0.4, 0.5) is 0 Å². The summed E-state index contributed by atoms with van der Waals surface area (Å²) >= 11 is 0. The number of benzene rings is 7. The molecule has 0 aromatic heterocycles. The Morgan fingerprint density at radius 2 is 0.845 bits per heavy atom. The zero-order chi connectivity index (χ0) is 41.0. The maximum Gasteiger partial charge on any atom is 0.347 e. The lowest BCUT2D eigenvalue weighted by atomic mass is 10.0. The van der Waals surface area contributed by atoms with Crippen molar-refractivity contribution >= 4 is 66.2 Å². The fourth-order valence-corrected chi connectivity index (χ4v) is 8.25. The van der Waals surface area contributed by atoms with Crippen LogP contribution in [0.2, 0.25) is 0 Å². The summed E-state index contributed by atoms with van der Waals surface area (Å²) in [5, 5.41) is 13.8. The molecule has 58 heavy (non-hydrogen) atoms. The van der Waals surface area contributed by atoms with Crippen LogP contribution in [0, 0.1) is 0 Å². The average Bonchev–Trinajstić information content (AvgIpc) is 3.22. The van der Waals surface area contributed by atoms with Gasteiger partial charge in [0.2, 0.25) is 10.0 Å². The summed E-state index contributed by atoms with van der Waals surface area (Å²) in [5.74, 6) is -4.63. The Morgan fingerprint density at radius 3 is 1.22 bits per heavy atom. The van der Waals surface area contributed by atoms with Gasteiger partial charge in [0, 0.05) is 13.1 Å². The minimum Gasteiger partial charge on any atom is -0.478 e. The minimum absolute atomic E-state index is 0.0328. The second kappa shape index (κ2) is 16.7. The summed E-state index contributed by atoms with van der Waals surface area (Å²) < 4.78 is 45.4. The number of carboxylic acid groups (broad SMARTS) is 1. The van der Waals surface area contributed by atoms with Crippen molar-refractivity contribution in [3.8, 4) is 17.2 Å². The maximum absolute atomic E-state index is 14.2. The molecule has 0 heterocycles. The van der Waals surface area contributed by atoms with E-state index in [-0.39, 0.29) is 44.4 Å². The van der Waals surface area contributed by atoms with Gasteiger partial charge in [0.1, 0.15) is 33.9 Å². The van der Waals surface area contributed by atoms with E-state index in [2.05, 4.69) is 0 Å². The number of aromatic carboxylic acids is 1. The van der Waals surface area contributed by atoms with Gasteiger partial charge in [0.15, 0.2) is 0 Å². The molecule has 12 heteroatoms. The lowest BCUT2D eigenvalue weighted by Crippen LogP contribution is -2.32. The Hall–Kier alpha value is -6.89. The first-order chi connectivity index (χ1) is 28.0. The van der Waals surface area contributed by atoms with Crippen LogP contribution in [0.3, 0.4) is 0 Å². The van der Waals surface area contributed by atoms with E-state index in [1.807, 2.05) is 13.8 Å². The van der Waals surface area contributed by atoms with Crippen LogP contribution in [0.25, 0.3) is 32.3 Å². The molecule has 0 spiro atoms. The largest absolute Gasteiger partial charge is 0.478 e. The van der Waals surface area contributed by atoms with Crippen molar-refractivity contribution in [2.75, 3.05) is 13.1 Å². The minimum atomic E-state index is -3.79. The molecule has 7 rings (SSSR count). The van der Waals surface area contributed by atoms with Gasteiger partial charge in [-0.25, -0.2) is 27.6 Å². The van der Waals surface area contributed by atoms with Gasteiger partial charge in [-0.2, -0.15) is 4.31 Å². The van der Waals surface area contributed by atoms with Crippen molar-refractivity contribution in [2.45, 2.75) is 31.6 Å². The third-order valence-electron chi connectivity index (χ3n) is 9.50. The Morgan fingerprint density at radius 1 is 0.500 bits per heavy atom. The molecule has 0 saturated heterocycles. The number of sulfonamides is 1. The molecule has 0 aliphatic rings. The first kappa shape index (κ1) is 39.3. The summed E-state index contributed by atoms with van der Waals surface area (Å²) in [6, 6.07) is 35.4. The molecule has 0 aliphatic carbocycles. The molecule has 0 amide bonds. The lowest BCUT2D eigenvalue weighted by molar-refractivity contribution is 0.0678. The highest BCUT2D eigenvalue weighted by molar-refractivity contribution is 7.89. The number of hydrogen-bond donors (Lipinski definition) is 1. The van der Waals surface area contributed by atoms with Crippen LogP contribution in [0.15, 0.2) is 138 Å². The molecule has 0 saturated carbocycles. The number of ether oxygens (including phenoxy) is 3. The SMILES string of the molecule is CCCN(CCC)S(=O)(=O)c1ccc(C(=O)Oc2cc3ccccc3cc2C(=O)Oc2cc3ccccc3cc2C(=O)Oc2cc3ccccc3cc2C(=O)O)cc1. The molecule has 7 aromatic rings. The molecule has 1 N–H and O–H groups in total. The smallest absolute Gasteiger partial charge is 0.347 e. The zero-order valence-electron chi connectivity index (χ0n) is 31.5. The molecule has 11 nitrogen and oxygen atoms in total. The number of rotatable bonds is 13. The molecule has 0 atom stereocenters. The van der Waals surface area contributed by atoms with Crippen LogP contribution >= 0.6 is 0 Å². The van der Waals surface area contributed by atoms with E-state index in [0.717, 1.165) is 0 Å². The van der Waals surface area contributed by atoms with Crippen LogP contribution in [-0.2, 0) is 10.0 Å². The fourth-order valence-electron chi connectivity index (χ4n) is 6.63. The normalized spacial score (nSPS) is 11.5. The van der Waals surface area contributed by atoms with Gasteiger partial charge >= 0.3 is 23.9 Å². The summed E-state index contributed by atoms with van der Waals surface area (Å²) in [7, 11) is -3.79. The molecule has 0 radical (unpaired) electrons. The molecule has 0 unspecified atom stereocenters. The number of esters is 3. The standard InChI is InChI=1S/C46H37NO10S/c1-3-21-47(22-4-2)58(53,54)36-19-17-29(18-20-36)44(50)55-41-27-34-15-9-6-12-31(34)24-38(41)46(52)57-42-28-35-16-10-7-13-32(35)25-39(42)45(51)56-40-26-33-14-8-5-11-30(33)23-37(40)43(48)49/h5-20,23-28H,3-4,21-22H2,1-2H3,(H,48,49). The quantitative estimate of drug-likeness (QED) is 0.0882. The molecule has 0 bridgehead atoms. The number of nitrogens with zero attached hydrogens (tertiary/aromatic N) is 1. The van der Waals surface area contributed by atoms with E-state index >= 15 is 0 Å². The lowest BCUT2D eigenvalue weighted by Gasteiger charge is -2.21. The van der Waals surface area contributed by atoms with Gasteiger partial charge in [0.25, 0.3) is 0 Å². The Balaban J connectivity index is 1.22. The van der Waals surface area contributed by atoms with Gasteiger partial charge < -0.3 is 19.3 Å². The Labute approximate surface area is 334 Å². The molecule has 0 fully saturated rings. The number of carbonyl (C=O) groups is 4. The molecular weight excluding hydrogens is 759 g/mol. The van der Waals surface area contributed by atoms with E-state index in [9.17, 15) is 32.7 Å². The molecule has 0 aliphatic heterocycles. The van der Waals surface area contributed by atoms with Gasteiger partial charge in [0.05, 0.1) is 10.5 Å². The van der Waals surface area contributed by atoms with Crippen LogP contribution in [-0.4, -0.2) is 54.8 Å². The van der Waals surface area contributed by atoms with E-state index in [1.54, 1.807) is 72.8 Å². The van der Waals surface area contributed by atoms with Crippen molar-refractivity contribution in [1.82, 2.24) is 4.31 Å². The highest BCUT2D eigenvalue weighted by atomic mass is 32.2. The Kier molecular flexibility index (Phi) is 11.3. The number of carbonyl (C=O) groups excluding carboxylic acids is 3. The Bertz CT molecular complexity index is 2850.